The van der Waals surface area contributed by atoms with Gasteiger partial charge in [-0.25, -0.2) is 4.90 Å². The molecule has 0 aliphatic carbocycles. The molecule has 1 atom stereocenters. The molecule has 38 heavy (non-hydrogen) atoms. The maximum atomic E-state index is 13.4. The Hall–Kier alpha value is -2.86. The van der Waals surface area contributed by atoms with Crippen molar-refractivity contribution in [2.45, 2.75) is 59.0 Å². The van der Waals surface area contributed by atoms with E-state index in [4.69, 9.17) is 32.7 Å². The van der Waals surface area contributed by atoms with E-state index in [2.05, 4.69) is 26.0 Å². The van der Waals surface area contributed by atoms with Crippen molar-refractivity contribution in [1.29, 1.82) is 0 Å². The van der Waals surface area contributed by atoms with Gasteiger partial charge in [-0.1, -0.05) is 53.5 Å². The van der Waals surface area contributed by atoms with Crippen LogP contribution in [0.15, 0.2) is 42.5 Å². The highest BCUT2D eigenvalue weighted by atomic mass is 35.5. The highest BCUT2D eigenvalue weighted by Crippen LogP contribution is 2.54. The summed E-state index contributed by atoms with van der Waals surface area (Å²) in [6.45, 7) is 12.0. The van der Waals surface area contributed by atoms with Crippen molar-refractivity contribution in [3.05, 3.63) is 91.5 Å². The van der Waals surface area contributed by atoms with Crippen molar-refractivity contribution >= 4 is 40.7 Å². The number of rotatable bonds is 2. The fourth-order valence-corrected chi connectivity index (χ4v) is 6.10. The minimum Gasteiger partial charge on any atom is -0.486 e. The van der Waals surface area contributed by atoms with Crippen LogP contribution in [0.5, 0.6) is 5.75 Å². The first-order valence-corrected chi connectivity index (χ1v) is 13.6. The third-order valence-electron chi connectivity index (χ3n) is 7.72. The molecule has 0 saturated carbocycles. The van der Waals surface area contributed by atoms with Gasteiger partial charge >= 0.3 is 0 Å². The number of amides is 2. The van der Waals surface area contributed by atoms with E-state index in [1.165, 1.54) is 29.9 Å². The summed E-state index contributed by atoms with van der Waals surface area (Å²) in [5.74, 6) is -0.0109. The Morgan fingerprint density at radius 1 is 0.842 bits per heavy atom. The molecule has 3 heterocycles. The average molecular weight is 552 g/mol. The Bertz CT molecular complexity index is 1400. The van der Waals surface area contributed by atoms with Crippen LogP contribution in [0.25, 0.3) is 0 Å². The van der Waals surface area contributed by atoms with E-state index < -0.39 is 17.4 Å². The Labute approximate surface area is 233 Å². The first kappa shape index (κ1) is 26.7. The fourth-order valence-electron chi connectivity index (χ4n) is 5.77. The molecule has 0 spiro atoms. The molecule has 0 N–H and O–H groups in total. The van der Waals surface area contributed by atoms with Crippen LogP contribution in [0.1, 0.15) is 81.1 Å². The number of benzene rings is 3. The van der Waals surface area contributed by atoms with Crippen LogP contribution in [-0.2, 0) is 4.74 Å². The number of carbonyl (C=O) groups is 2. The van der Waals surface area contributed by atoms with Crippen LogP contribution >= 0.6 is 23.2 Å². The SMILES string of the molecule is C1CCOC1.Cc1c(C)c(N2C(=O)c3cc(Cl)c(Cl)cc3C2=O)c(C)c2c1OC(C)(C)C2c1ccccc1. The first-order chi connectivity index (χ1) is 18.0. The smallest absolute Gasteiger partial charge is 0.266 e. The lowest BCUT2D eigenvalue weighted by molar-refractivity contribution is 0.0925. The molecule has 3 aromatic carbocycles. The zero-order valence-electron chi connectivity index (χ0n) is 22.3. The maximum absolute atomic E-state index is 13.4. The van der Waals surface area contributed by atoms with Gasteiger partial charge in [-0.15, -0.1) is 0 Å². The average Bonchev–Trinajstić information content (AvgIpc) is 3.61. The molecule has 3 aliphatic heterocycles. The van der Waals surface area contributed by atoms with Gasteiger partial charge in [0.2, 0.25) is 0 Å². The van der Waals surface area contributed by atoms with E-state index in [-0.39, 0.29) is 27.1 Å². The summed E-state index contributed by atoms with van der Waals surface area (Å²) >= 11 is 12.3. The number of ether oxygens (including phenoxy) is 2. The van der Waals surface area contributed by atoms with Crippen LogP contribution < -0.4 is 9.64 Å². The highest BCUT2D eigenvalue weighted by Gasteiger charge is 2.47. The topological polar surface area (TPSA) is 55.8 Å². The summed E-state index contributed by atoms with van der Waals surface area (Å²) in [5.41, 5.74) is 5.40. The zero-order valence-corrected chi connectivity index (χ0v) is 23.8. The number of hydrogen-bond acceptors (Lipinski definition) is 4. The monoisotopic (exact) mass is 551 g/mol. The molecule has 0 bridgehead atoms. The molecule has 3 aliphatic rings. The highest BCUT2D eigenvalue weighted by molar-refractivity contribution is 6.44. The van der Waals surface area contributed by atoms with Crippen molar-refractivity contribution < 1.29 is 19.1 Å². The second kappa shape index (κ2) is 10.0. The summed E-state index contributed by atoms with van der Waals surface area (Å²) < 4.78 is 11.4. The summed E-state index contributed by atoms with van der Waals surface area (Å²) in [7, 11) is 0. The van der Waals surface area contributed by atoms with Gasteiger partial charge in [0, 0.05) is 18.8 Å². The van der Waals surface area contributed by atoms with Crippen molar-refractivity contribution in [2.75, 3.05) is 18.1 Å². The Morgan fingerprint density at radius 2 is 1.39 bits per heavy atom. The van der Waals surface area contributed by atoms with Gasteiger partial charge in [-0.2, -0.15) is 0 Å². The fraction of sp³-hybridized carbons (Fsp3) is 0.355. The molecule has 3 aromatic rings. The lowest BCUT2D eigenvalue weighted by Gasteiger charge is -2.28. The van der Waals surface area contributed by atoms with Crippen LogP contribution in [0.3, 0.4) is 0 Å². The number of imide groups is 1. The Balaban J connectivity index is 0.000000529. The predicted octanol–water partition coefficient (Wildman–Crippen LogP) is 7.82. The molecule has 5 nitrogen and oxygen atoms in total. The lowest BCUT2D eigenvalue weighted by atomic mass is 9.78. The summed E-state index contributed by atoms with van der Waals surface area (Å²) in [4.78, 5) is 28.1. The van der Waals surface area contributed by atoms with E-state index in [0.29, 0.717) is 5.69 Å². The number of carbonyl (C=O) groups excluding carboxylic acids is 2. The maximum Gasteiger partial charge on any atom is 0.266 e. The van der Waals surface area contributed by atoms with E-state index >= 15 is 0 Å². The lowest BCUT2D eigenvalue weighted by Crippen LogP contribution is -2.32. The molecule has 2 amide bonds. The van der Waals surface area contributed by atoms with Gasteiger partial charge in [0.25, 0.3) is 11.8 Å². The standard InChI is InChI=1S/C27H23Cl2NO3.C4H8O/c1-13-14(2)24-21(22(27(4,5)33-24)16-9-7-6-8-10-16)15(3)23(13)30-25(31)17-11-19(28)20(29)12-18(17)26(30)32;1-2-4-5-3-1/h6-12,22H,1-5H3;1-4H2. The third kappa shape index (κ3) is 4.31. The van der Waals surface area contributed by atoms with Crippen LogP contribution in [-0.4, -0.2) is 30.6 Å². The molecule has 0 radical (unpaired) electrons. The van der Waals surface area contributed by atoms with E-state index in [1.54, 1.807) is 0 Å². The van der Waals surface area contributed by atoms with Crippen molar-refractivity contribution in [1.82, 2.24) is 0 Å². The molecule has 0 aromatic heterocycles. The van der Waals surface area contributed by atoms with Crippen LogP contribution in [0.4, 0.5) is 5.69 Å². The van der Waals surface area contributed by atoms with Crippen molar-refractivity contribution in [2.24, 2.45) is 0 Å². The van der Waals surface area contributed by atoms with Gasteiger partial charge in [0.05, 0.1) is 32.8 Å². The molecule has 6 rings (SSSR count). The number of hydrogen-bond donors (Lipinski definition) is 0. The van der Waals surface area contributed by atoms with Gasteiger partial charge < -0.3 is 9.47 Å². The van der Waals surface area contributed by atoms with Gasteiger partial charge in [0.1, 0.15) is 11.4 Å². The normalized spacial score (nSPS) is 19.1. The van der Waals surface area contributed by atoms with E-state index in [0.717, 1.165) is 46.8 Å². The van der Waals surface area contributed by atoms with Gasteiger partial charge in [-0.05, 0) is 81.8 Å². The number of anilines is 1. The molecular formula is C31H31Cl2NO4. The minimum absolute atomic E-state index is 0.0502. The second-order valence-corrected chi connectivity index (χ2v) is 11.4. The summed E-state index contributed by atoms with van der Waals surface area (Å²) in [6, 6.07) is 13.1. The summed E-state index contributed by atoms with van der Waals surface area (Å²) in [5, 5.41) is 0.493. The largest absolute Gasteiger partial charge is 0.486 e. The van der Waals surface area contributed by atoms with Crippen molar-refractivity contribution in [3.63, 3.8) is 0 Å². The minimum atomic E-state index is -0.493. The molecule has 1 fully saturated rings. The molecule has 198 valence electrons. The second-order valence-electron chi connectivity index (χ2n) is 10.6. The number of nitrogens with zero attached hydrogens (tertiary/aromatic N) is 1. The number of fused-ring (bicyclic) bond motifs is 2. The number of halogens is 2. The molecular weight excluding hydrogens is 521 g/mol. The van der Waals surface area contributed by atoms with E-state index in [1.807, 2.05) is 39.0 Å². The molecule has 7 heteroatoms. The third-order valence-corrected chi connectivity index (χ3v) is 8.44. The predicted molar refractivity (Wildman–Crippen MR) is 151 cm³/mol. The molecule has 1 unspecified atom stereocenters. The van der Waals surface area contributed by atoms with Crippen LogP contribution in [0.2, 0.25) is 10.0 Å². The quantitative estimate of drug-likeness (QED) is 0.304. The first-order valence-electron chi connectivity index (χ1n) is 12.9. The van der Waals surface area contributed by atoms with Crippen molar-refractivity contribution in [3.8, 4) is 5.75 Å². The Morgan fingerprint density at radius 3 is 1.89 bits per heavy atom. The molecule has 1 saturated heterocycles. The Kier molecular flexibility index (Phi) is 7.06. The van der Waals surface area contributed by atoms with Crippen LogP contribution in [0, 0.1) is 20.8 Å². The van der Waals surface area contributed by atoms with E-state index in [9.17, 15) is 9.59 Å². The summed E-state index contributed by atoms with van der Waals surface area (Å²) in [6.07, 6.45) is 2.56. The zero-order chi connectivity index (χ0) is 27.4. The van der Waals surface area contributed by atoms with Gasteiger partial charge in [-0.3, -0.25) is 9.59 Å². The van der Waals surface area contributed by atoms with Gasteiger partial charge in [0.15, 0.2) is 0 Å².